The molecular weight excluding hydrogens is 312 g/mol. The normalized spacial score (nSPS) is 16.8. The minimum Gasteiger partial charge on any atom is -0.333 e. The van der Waals surface area contributed by atoms with Crippen LogP contribution in [0.3, 0.4) is 0 Å². The van der Waals surface area contributed by atoms with Crippen molar-refractivity contribution >= 4 is 16.9 Å². The number of fused-ring (bicyclic) bond motifs is 3. The molecule has 1 aromatic carbocycles. The highest BCUT2D eigenvalue weighted by Gasteiger charge is 2.39. The molecule has 0 saturated heterocycles. The van der Waals surface area contributed by atoms with E-state index >= 15 is 0 Å². The van der Waals surface area contributed by atoms with E-state index in [-0.39, 0.29) is 5.91 Å². The molecule has 1 saturated carbocycles. The van der Waals surface area contributed by atoms with Gasteiger partial charge in [-0.05, 0) is 42.7 Å². The fraction of sp³-hybridized carbons (Fsp3) is 0.250. The van der Waals surface area contributed by atoms with Gasteiger partial charge in [0.2, 0.25) is 0 Å². The van der Waals surface area contributed by atoms with Gasteiger partial charge in [0.1, 0.15) is 5.69 Å². The molecule has 0 bridgehead atoms. The molecule has 25 heavy (non-hydrogen) atoms. The summed E-state index contributed by atoms with van der Waals surface area (Å²) in [7, 11) is 0. The van der Waals surface area contributed by atoms with Gasteiger partial charge in [-0.3, -0.25) is 9.78 Å². The number of amides is 1. The maximum Gasteiger partial charge on any atom is 0.271 e. The van der Waals surface area contributed by atoms with Crippen molar-refractivity contribution < 1.29 is 4.79 Å². The Balaban J connectivity index is 1.77. The molecular formula is C20H16N4O. The van der Waals surface area contributed by atoms with Crippen molar-refractivity contribution in [1.29, 1.82) is 5.26 Å². The lowest BCUT2D eigenvalue weighted by Gasteiger charge is -2.29. The number of hydrogen-bond donors (Lipinski definition) is 0. The number of aromatic nitrogens is 2. The van der Waals surface area contributed by atoms with Crippen LogP contribution in [-0.2, 0) is 6.54 Å². The molecule has 3 heterocycles. The minimum atomic E-state index is 0.103. The summed E-state index contributed by atoms with van der Waals surface area (Å²) in [5.74, 6) is 0.103. The van der Waals surface area contributed by atoms with Crippen LogP contribution in [-0.4, -0.2) is 32.9 Å². The molecule has 0 N–H and O–H groups in total. The van der Waals surface area contributed by atoms with E-state index in [1.54, 1.807) is 18.3 Å². The summed E-state index contributed by atoms with van der Waals surface area (Å²) in [5.41, 5.74) is 5.02. The highest BCUT2D eigenvalue weighted by molar-refractivity contribution is 6.09. The third kappa shape index (κ3) is 2.07. The number of carbonyl (C=O) groups is 1. The van der Waals surface area contributed by atoms with Gasteiger partial charge in [0.05, 0.1) is 22.7 Å². The van der Waals surface area contributed by atoms with Gasteiger partial charge < -0.3 is 9.47 Å². The van der Waals surface area contributed by atoms with Crippen LogP contribution in [0, 0.1) is 11.3 Å². The number of carbonyl (C=O) groups excluding carboxylic acids is 1. The number of pyridine rings is 1. The fourth-order valence-electron chi connectivity index (χ4n) is 3.79. The molecule has 122 valence electrons. The van der Waals surface area contributed by atoms with Crippen molar-refractivity contribution in [2.75, 3.05) is 6.54 Å². The van der Waals surface area contributed by atoms with Crippen LogP contribution in [0.2, 0.25) is 0 Å². The third-order valence-corrected chi connectivity index (χ3v) is 5.14. The summed E-state index contributed by atoms with van der Waals surface area (Å²) in [6, 6.07) is 13.9. The molecule has 5 heteroatoms. The zero-order chi connectivity index (χ0) is 17.0. The second kappa shape index (κ2) is 5.18. The van der Waals surface area contributed by atoms with Crippen LogP contribution in [0.1, 0.15) is 28.9 Å². The molecule has 0 atom stereocenters. The van der Waals surface area contributed by atoms with Crippen molar-refractivity contribution in [3.05, 3.63) is 53.9 Å². The molecule has 0 radical (unpaired) electrons. The summed E-state index contributed by atoms with van der Waals surface area (Å²) in [6.07, 6.45) is 3.98. The molecule has 1 amide bonds. The Morgan fingerprint density at radius 2 is 1.92 bits per heavy atom. The largest absolute Gasteiger partial charge is 0.333 e. The Hall–Kier alpha value is -3.13. The predicted molar refractivity (Wildman–Crippen MR) is 93.9 cm³/mol. The Morgan fingerprint density at radius 3 is 2.64 bits per heavy atom. The van der Waals surface area contributed by atoms with E-state index < -0.39 is 0 Å². The second-order valence-electron chi connectivity index (χ2n) is 6.67. The summed E-state index contributed by atoms with van der Waals surface area (Å²) >= 11 is 0. The van der Waals surface area contributed by atoms with E-state index in [4.69, 9.17) is 5.26 Å². The first-order valence-corrected chi connectivity index (χ1v) is 8.56. The molecule has 2 aliphatic rings. The molecule has 1 aliphatic carbocycles. The van der Waals surface area contributed by atoms with Gasteiger partial charge in [0, 0.05) is 30.9 Å². The Kier molecular flexibility index (Phi) is 2.95. The fourth-order valence-corrected chi connectivity index (χ4v) is 3.79. The average Bonchev–Trinajstić information content (AvgIpc) is 3.44. The topological polar surface area (TPSA) is 61.9 Å². The van der Waals surface area contributed by atoms with Gasteiger partial charge in [0.25, 0.3) is 5.91 Å². The van der Waals surface area contributed by atoms with Crippen LogP contribution in [0.5, 0.6) is 0 Å². The number of nitrogens with zero attached hydrogens (tertiary/aromatic N) is 4. The van der Waals surface area contributed by atoms with Gasteiger partial charge in [-0.2, -0.15) is 5.26 Å². The van der Waals surface area contributed by atoms with Crippen molar-refractivity contribution in [3.8, 4) is 17.2 Å². The summed E-state index contributed by atoms with van der Waals surface area (Å²) in [4.78, 5) is 19.8. The summed E-state index contributed by atoms with van der Waals surface area (Å²) in [5, 5.41) is 9.04. The summed E-state index contributed by atoms with van der Waals surface area (Å²) < 4.78 is 2.11. The Bertz CT molecular complexity index is 1040. The number of rotatable bonds is 2. The highest BCUT2D eigenvalue weighted by atomic mass is 16.2. The first-order chi connectivity index (χ1) is 12.3. The second-order valence-corrected chi connectivity index (χ2v) is 6.67. The number of nitriles is 1. The monoisotopic (exact) mass is 328 g/mol. The van der Waals surface area contributed by atoms with Crippen LogP contribution in [0.15, 0.2) is 42.6 Å². The van der Waals surface area contributed by atoms with Crippen LogP contribution in [0.4, 0.5) is 0 Å². The lowest BCUT2D eigenvalue weighted by molar-refractivity contribution is 0.0694. The molecule has 1 aliphatic heterocycles. The maximum atomic E-state index is 13.2. The van der Waals surface area contributed by atoms with Gasteiger partial charge in [0.15, 0.2) is 0 Å². The zero-order valence-corrected chi connectivity index (χ0v) is 13.6. The lowest BCUT2D eigenvalue weighted by Crippen LogP contribution is -2.41. The number of hydrogen-bond acceptors (Lipinski definition) is 3. The SMILES string of the molecule is N#Cc1ccc(-c2c3n(c4cccnc24)CCN(C2CC2)C3=O)cc1. The average molecular weight is 328 g/mol. The minimum absolute atomic E-state index is 0.103. The van der Waals surface area contributed by atoms with E-state index in [1.165, 1.54) is 0 Å². The van der Waals surface area contributed by atoms with Gasteiger partial charge in [-0.15, -0.1) is 0 Å². The van der Waals surface area contributed by atoms with Crippen molar-refractivity contribution in [2.45, 2.75) is 25.4 Å². The zero-order valence-electron chi connectivity index (χ0n) is 13.6. The van der Waals surface area contributed by atoms with Gasteiger partial charge >= 0.3 is 0 Å². The van der Waals surface area contributed by atoms with E-state index in [2.05, 4.69) is 15.6 Å². The standard InChI is InChI=1S/C20H16N4O/c21-12-13-3-5-14(6-4-13)17-18-16(2-1-9-22-18)24-11-10-23(15-7-8-15)20(25)19(17)24/h1-6,9,15H,7-8,10-11H2. The van der Waals surface area contributed by atoms with Crippen molar-refractivity contribution in [2.24, 2.45) is 0 Å². The predicted octanol–water partition coefficient (Wildman–Crippen LogP) is 3.19. The van der Waals surface area contributed by atoms with Crippen LogP contribution >= 0.6 is 0 Å². The van der Waals surface area contributed by atoms with Crippen LogP contribution in [0.25, 0.3) is 22.2 Å². The molecule has 0 unspecified atom stereocenters. The van der Waals surface area contributed by atoms with Crippen LogP contribution < -0.4 is 0 Å². The molecule has 2 aromatic heterocycles. The van der Waals surface area contributed by atoms with Crippen molar-refractivity contribution in [1.82, 2.24) is 14.5 Å². The summed E-state index contributed by atoms with van der Waals surface area (Å²) in [6.45, 7) is 1.57. The molecule has 1 fully saturated rings. The first kappa shape index (κ1) is 14.2. The molecule has 0 spiro atoms. The third-order valence-electron chi connectivity index (χ3n) is 5.14. The van der Waals surface area contributed by atoms with E-state index in [0.717, 1.165) is 53.8 Å². The van der Waals surface area contributed by atoms with E-state index in [1.807, 2.05) is 29.2 Å². The Labute approximate surface area is 145 Å². The smallest absolute Gasteiger partial charge is 0.271 e. The molecule has 5 rings (SSSR count). The Morgan fingerprint density at radius 1 is 1.12 bits per heavy atom. The van der Waals surface area contributed by atoms with Gasteiger partial charge in [-0.25, -0.2) is 0 Å². The van der Waals surface area contributed by atoms with E-state index in [9.17, 15) is 4.79 Å². The molecule has 3 aromatic rings. The lowest BCUT2D eigenvalue weighted by atomic mass is 10.0. The first-order valence-electron chi connectivity index (χ1n) is 8.56. The van der Waals surface area contributed by atoms with Crippen molar-refractivity contribution in [3.63, 3.8) is 0 Å². The molecule has 5 nitrogen and oxygen atoms in total. The van der Waals surface area contributed by atoms with Gasteiger partial charge in [-0.1, -0.05) is 12.1 Å². The maximum absolute atomic E-state index is 13.2. The van der Waals surface area contributed by atoms with E-state index in [0.29, 0.717) is 11.6 Å². The highest BCUT2D eigenvalue weighted by Crippen LogP contribution is 2.38. The quantitative estimate of drug-likeness (QED) is 0.726. The number of benzene rings is 1.